The third-order valence-electron chi connectivity index (χ3n) is 1.98. The summed E-state index contributed by atoms with van der Waals surface area (Å²) in [5.41, 5.74) is 5.70. The van der Waals surface area contributed by atoms with Gasteiger partial charge in [0.15, 0.2) is 0 Å². The quantitative estimate of drug-likeness (QED) is 0.539. The van der Waals surface area contributed by atoms with Gasteiger partial charge >= 0.3 is 0 Å². The first-order valence-corrected chi connectivity index (χ1v) is 3.79. The van der Waals surface area contributed by atoms with E-state index in [0.717, 1.165) is 6.54 Å². The molecule has 0 aromatic carbocycles. The highest BCUT2D eigenvalue weighted by Crippen LogP contribution is 2.08. The van der Waals surface area contributed by atoms with Gasteiger partial charge in [0.25, 0.3) is 0 Å². The Bertz CT molecular complexity index is 75.0. The van der Waals surface area contributed by atoms with Gasteiger partial charge < -0.3 is 11.1 Å². The Labute approximate surface area is 56.8 Å². The smallest absolute Gasteiger partial charge is 0.0216 e. The van der Waals surface area contributed by atoms with Crippen LogP contribution in [0.15, 0.2) is 0 Å². The topological polar surface area (TPSA) is 38.0 Å². The van der Waals surface area contributed by atoms with E-state index >= 15 is 0 Å². The van der Waals surface area contributed by atoms with Crippen LogP contribution in [0.2, 0.25) is 0 Å². The first-order valence-electron chi connectivity index (χ1n) is 3.79. The van der Waals surface area contributed by atoms with Crippen LogP contribution in [0.1, 0.15) is 26.2 Å². The van der Waals surface area contributed by atoms with Gasteiger partial charge in [-0.2, -0.15) is 0 Å². The predicted octanol–water partition coefficient (Wildman–Crippen LogP) is 0.476. The molecular weight excluding hydrogens is 112 g/mol. The molecule has 0 amide bonds. The molecule has 9 heavy (non-hydrogen) atoms. The molecule has 0 aliphatic carbocycles. The highest BCUT2D eigenvalue weighted by Gasteiger charge is 2.15. The number of piperidine rings is 1. The molecule has 0 aromatic rings. The summed E-state index contributed by atoms with van der Waals surface area (Å²) in [5.74, 6) is 0. The molecule has 54 valence electrons. The molecule has 0 spiro atoms. The molecule has 1 fully saturated rings. The molecule has 2 nitrogen and oxygen atoms in total. The normalized spacial score (nSPS) is 32.0. The maximum absolute atomic E-state index is 5.70. The number of nitrogens with one attached hydrogen (secondary N) is 1. The van der Waals surface area contributed by atoms with E-state index in [1.807, 2.05) is 0 Å². The van der Waals surface area contributed by atoms with Crippen LogP contribution in [0.5, 0.6) is 0 Å². The van der Waals surface area contributed by atoms with Gasteiger partial charge in [0.05, 0.1) is 0 Å². The lowest BCUT2D eigenvalue weighted by molar-refractivity contribution is 0.361. The van der Waals surface area contributed by atoms with E-state index in [1.165, 1.54) is 19.3 Å². The van der Waals surface area contributed by atoms with Crippen LogP contribution in [-0.2, 0) is 0 Å². The SMILES string of the molecule is C[C@H](N)[C@H]1CCCCN1. The van der Waals surface area contributed by atoms with Crippen molar-refractivity contribution in [3.8, 4) is 0 Å². The zero-order valence-electron chi connectivity index (χ0n) is 6.06. The second-order valence-electron chi connectivity index (χ2n) is 2.92. The van der Waals surface area contributed by atoms with E-state index in [1.54, 1.807) is 0 Å². The van der Waals surface area contributed by atoms with Crippen molar-refractivity contribution in [1.82, 2.24) is 5.32 Å². The highest BCUT2D eigenvalue weighted by molar-refractivity contribution is 4.78. The minimum Gasteiger partial charge on any atom is -0.327 e. The van der Waals surface area contributed by atoms with Crippen molar-refractivity contribution in [1.29, 1.82) is 0 Å². The molecule has 0 bridgehead atoms. The van der Waals surface area contributed by atoms with Crippen LogP contribution >= 0.6 is 0 Å². The Hall–Kier alpha value is -0.0800. The summed E-state index contributed by atoms with van der Waals surface area (Å²) in [4.78, 5) is 0. The third-order valence-corrected chi connectivity index (χ3v) is 1.98. The second-order valence-corrected chi connectivity index (χ2v) is 2.92. The summed E-state index contributed by atoms with van der Waals surface area (Å²) in [7, 11) is 0. The summed E-state index contributed by atoms with van der Waals surface area (Å²) in [6.07, 6.45) is 3.93. The van der Waals surface area contributed by atoms with Gasteiger partial charge in [-0.1, -0.05) is 6.42 Å². The molecule has 0 radical (unpaired) electrons. The summed E-state index contributed by atoms with van der Waals surface area (Å²) < 4.78 is 0. The number of hydrogen-bond acceptors (Lipinski definition) is 2. The molecule has 1 heterocycles. The average Bonchev–Trinajstić information content (AvgIpc) is 1.90. The summed E-state index contributed by atoms with van der Waals surface area (Å²) in [6, 6.07) is 0.907. The molecule has 1 saturated heterocycles. The Kier molecular flexibility index (Phi) is 2.49. The highest BCUT2D eigenvalue weighted by atomic mass is 15.0. The van der Waals surface area contributed by atoms with E-state index in [9.17, 15) is 0 Å². The zero-order chi connectivity index (χ0) is 6.69. The van der Waals surface area contributed by atoms with E-state index in [0.29, 0.717) is 12.1 Å². The standard InChI is InChI=1S/C7H16N2/c1-6(8)7-4-2-3-5-9-7/h6-7,9H,2-5,8H2,1H3/t6-,7+/m0/s1. The molecule has 2 heteroatoms. The molecule has 1 rings (SSSR count). The van der Waals surface area contributed by atoms with Crippen molar-refractivity contribution < 1.29 is 0 Å². The predicted molar refractivity (Wildman–Crippen MR) is 39.3 cm³/mol. The van der Waals surface area contributed by atoms with Crippen LogP contribution in [-0.4, -0.2) is 18.6 Å². The monoisotopic (exact) mass is 128 g/mol. The van der Waals surface area contributed by atoms with Crippen molar-refractivity contribution in [3.63, 3.8) is 0 Å². The second kappa shape index (κ2) is 3.18. The lowest BCUT2D eigenvalue weighted by atomic mass is 10.00. The lowest BCUT2D eigenvalue weighted by Crippen LogP contribution is -2.45. The lowest BCUT2D eigenvalue weighted by Gasteiger charge is -2.26. The number of rotatable bonds is 1. The van der Waals surface area contributed by atoms with Crippen LogP contribution in [0.3, 0.4) is 0 Å². The van der Waals surface area contributed by atoms with Gasteiger partial charge in [-0.3, -0.25) is 0 Å². The van der Waals surface area contributed by atoms with Gasteiger partial charge in [0, 0.05) is 12.1 Å². The molecule has 0 aromatic heterocycles. The number of nitrogens with two attached hydrogens (primary N) is 1. The Morgan fingerprint density at radius 2 is 2.33 bits per heavy atom. The maximum atomic E-state index is 5.70. The van der Waals surface area contributed by atoms with Crippen molar-refractivity contribution in [2.45, 2.75) is 38.3 Å². The minimum atomic E-state index is 0.324. The minimum absolute atomic E-state index is 0.324. The maximum Gasteiger partial charge on any atom is 0.0216 e. The summed E-state index contributed by atoms with van der Waals surface area (Å²) >= 11 is 0. The fourth-order valence-electron chi connectivity index (χ4n) is 1.33. The fourth-order valence-corrected chi connectivity index (χ4v) is 1.33. The van der Waals surface area contributed by atoms with Crippen molar-refractivity contribution in [2.75, 3.05) is 6.54 Å². The fraction of sp³-hybridized carbons (Fsp3) is 1.00. The van der Waals surface area contributed by atoms with Crippen molar-refractivity contribution >= 4 is 0 Å². The van der Waals surface area contributed by atoms with Crippen LogP contribution in [0.4, 0.5) is 0 Å². The van der Waals surface area contributed by atoms with Crippen LogP contribution < -0.4 is 11.1 Å². The zero-order valence-corrected chi connectivity index (χ0v) is 6.06. The van der Waals surface area contributed by atoms with E-state index < -0.39 is 0 Å². The Balaban J connectivity index is 2.23. The molecule has 1 aliphatic rings. The summed E-state index contributed by atoms with van der Waals surface area (Å²) in [5, 5.41) is 3.39. The first-order chi connectivity index (χ1) is 4.30. The number of hydrogen-bond donors (Lipinski definition) is 2. The van der Waals surface area contributed by atoms with Crippen molar-refractivity contribution in [2.24, 2.45) is 5.73 Å². The van der Waals surface area contributed by atoms with E-state index in [-0.39, 0.29) is 0 Å². The molecule has 2 atom stereocenters. The largest absolute Gasteiger partial charge is 0.327 e. The van der Waals surface area contributed by atoms with Gasteiger partial charge in [-0.05, 0) is 26.3 Å². The molecule has 0 unspecified atom stereocenters. The van der Waals surface area contributed by atoms with Gasteiger partial charge in [-0.25, -0.2) is 0 Å². The molecule has 3 N–H and O–H groups in total. The van der Waals surface area contributed by atoms with Crippen molar-refractivity contribution in [3.05, 3.63) is 0 Å². The molecular formula is C7H16N2. The van der Waals surface area contributed by atoms with Crippen LogP contribution in [0.25, 0.3) is 0 Å². The summed E-state index contributed by atoms with van der Waals surface area (Å²) in [6.45, 7) is 3.23. The van der Waals surface area contributed by atoms with E-state index in [2.05, 4.69) is 12.2 Å². The molecule has 1 aliphatic heterocycles. The van der Waals surface area contributed by atoms with Crippen LogP contribution in [0, 0.1) is 0 Å². The Morgan fingerprint density at radius 1 is 1.56 bits per heavy atom. The van der Waals surface area contributed by atoms with Gasteiger partial charge in [0.2, 0.25) is 0 Å². The third kappa shape index (κ3) is 1.95. The van der Waals surface area contributed by atoms with Gasteiger partial charge in [-0.15, -0.1) is 0 Å². The first kappa shape index (κ1) is 7.03. The molecule has 0 saturated carbocycles. The van der Waals surface area contributed by atoms with E-state index in [4.69, 9.17) is 5.73 Å². The average molecular weight is 128 g/mol. The van der Waals surface area contributed by atoms with Gasteiger partial charge in [0.1, 0.15) is 0 Å². The Morgan fingerprint density at radius 3 is 2.67 bits per heavy atom.